The molecule has 1 aliphatic heterocycles. The van der Waals surface area contributed by atoms with Crippen LogP contribution in [0.2, 0.25) is 0 Å². The number of carbonyl (C=O) groups is 1. The van der Waals surface area contributed by atoms with Gasteiger partial charge in [-0.3, -0.25) is 4.79 Å². The highest BCUT2D eigenvalue weighted by atomic mass is 16.5. The van der Waals surface area contributed by atoms with Gasteiger partial charge in [0, 0.05) is 0 Å². The number of rotatable bonds is 3. The van der Waals surface area contributed by atoms with Crippen molar-refractivity contribution in [2.24, 2.45) is 5.73 Å². The molecular formula is C14H19NO3. The average molecular weight is 249 g/mol. The first-order valence-corrected chi connectivity index (χ1v) is 5.97. The smallest absolute Gasteiger partial charge is 0.232 e. The molecule has 2 rings (SSSR count). The number of ether oxygens (including phenoxy) is 2. The van der Waals surface area contributed by atoms with Crippen molar-refractivity contribution in [1.82, 2.24) is 0 Å². The Hall–Kier alpha value is -1.55. The maximum absolute atomic E-state index is 11.7. The van der Waals surface area contributed by atoms with E-state index in [0.29, 0.717) is 13.2 Å². The molecule has 0 unspecified atom stereocenters. The third kappa shape index (κ3) is 1.60. The van der Waals surface area contributed by atoms with E-state index in [-0.39, 0.29) is 5.91 Å². The number of amides is 1. The van der Waals surface area contributed by atoms with Crippen LogP contribution in [0.25, 0.3) is 0 Å². The third-order valence-corrected chi connectivity index (χ3v) is 3.91. The summed E-state index contributed by atoms with van der Waals surface area (Å²) in [4.78, 5) is 11.7. The van der Waals surface area contributed by atoms with E-state index in [1.165, 1.54) is 0 Å². The number of hydrogen-bond acceptors (Lipinski definition) is 3. The van der Waals surface area contributed by atoms with Crippen LogP contribution in [0, 0.1) is 20.8 Å². The standard InChI is InChI=1S/C14H19NO3/c1-8-5-11(9(2)10(3)12(8)17-4)14(13(15)16)6-18-7-14/h5H,6-7H2,1-4H3,(H2,15,16). The summed E-state index contributed by atoms with van der Waals surface area (Å²) >= 11 is 0. The summed E-state index contributed by atoms with van der Waals surface area (Å²) in [6, 6.07) is 1.99. The normalized spacial score (nSPS) is 17.1. The van der Waals surface area contributed by atoms with Crippen LogP contribution in [0.4, 0.5) is 0 Å². The van der Waals surface area contributed by atoms with Crippen molar-refractivity contribution in [3.05, 3.63) is 28.3 Å². The molecular weight excluding hydrogens is 230 g/mol. The van der Waals surface area contributed by atoms with Crippen molar-refractivity contribution < 1.29 is 14.3 Å². The van der Waals surface area contributed by atoms with Crippen molar-refractivity contribution >= 4 is 5.91 Å². The van der Waals surface area contributed by atoms with E-state index in [1.54, 1.807) is 7.11 Å². The Morgan fingerprint density at radius 3 is 2.33 bits per heavy atom. The summed E-state index contributed by atoms with van der Waals surface area (Å²) in [6.07, 6.45) is 0. The lowest BCUT2D eigenvalue weighted by atomic mass is 9.74. The second kappa shape index (κ2) is 4.28. The first-order chi connectivity index (χ1) is 8.44. The minimum atomic E-state index is -0.661. The molecule has 4 nitrogen and oxygen atoms in total. The predicted octanol–water partition coefficient (Wildman–Crippen LogP) is 1.37. The van der Waals surface area contributed by atoms with Gasteiger partial charge in [-0.2, -0.15) is 0 Å². The predicted molar refractivity (Wildman–Crippen MR) is 68.9 cm³/mol. The van der Waals surface area contributed by atoms with E-state index in [4.69, 9.17) is 15.2 Å². The van der Waals surface area contributed by atoms with E-state index in [9.17, 15) is 4.79 Å². The number of carbonyl (C=O) groups excluding carboxylic acids is 1. The third-order valence-electron chi connectivity index (χ3n) is 3.91. The van der Waals surface area contributed by atoms with Gasteiger partial charge in [0.15, 0.2) is 0 Å². The summed E-state index contributed by atoms with van der Waals surface area (Å²) in [7, 11) is 1.66. The molecule has 98 valence electrons. The van der Waals surface area contributed by atoms with Crippen LogP contribution < -0.4 is 10.5 Å². The quantitative estimate of drug-likeness (QED) is 0.880. The Morgan fingerprint density at radius 1 is 1.33 bits per heavy atom. The van der Waals surface area contributed by atoms with Gasteiger partial charge >= 0.3 is 0 Å². The summed E-state index contributed by atoms with van der Waals surface area (Å²) < 4.78 is 10.6. The molecule has 0 bridgehead atoms. The van der Waals surface area contributed by atoms with Crippen LogP contribution in [-0.4, -0.2) is 26.2 Å². The lowest BCUT2D eigenvalue weighted by molar-refractivity contribution is -0.141. The van der Waals surface area contributed by atoms with Gasteiger partial charge in [-0.05, 0) is 43.0 Å². The van der Waals surface area contributed by atoms with E-state index in [1.807, 2.05) is 26.8 Å². The van der Waals surface area contributed by atoms with Crippen LogP contribution in [0.3, 0.4) is 0 Å². The second-order valence-corrected chi connectivity index (χ2v) is 4.96. The van der Waals surface area contributed by atoms with Crippen LogP contribution in [0.15, 0.2) is 6.07 Å². The summed E-state index contributed by atoms with van der Waals surface area (Å²) in [5.74, 6) is 0.553. The first kappa shape index (κ1) is 12.9. The van der Waals surface area contributed by atoms with E-state index in [2.05, 4.69) is 0 Å². The van der Waals surface area contributed by atoms with Crippen LogP contribution in [0.5, 0.6) is 5.75 Å². The molecule has 0 aromatic heterocycles. The molecule has 1 amide bonds. The number of primary amides is 1. The minimum absolute atomic E-state index is 0.319. The van der Waals surface area contributed by atoms with Crippen molar-refractivity contribution in [3.63, 3.8) is 0 Å². The Morgan fingerprint density at radius 2 is 1.94 bits per heavy atom. The topological polar surface area (TPSA) is 61.5 Å². The van der Waals surface area contributed by atoms with Crippen LogP contribution >= 0.6 is 0 Å². The van der Waals surface area contributed by atoms with Gasteiger partial charge in [-0.15, -0.1) is 0 Å². The lowest BCUT2D eigenvalue weighted by Crippen LogP contribution is -2.56. The fourth-order valence-electron chi connectivity index (χ4n) is 2.61. The Labute approximate surface area is 107 Å². The number of methoxy groups -OCH3 is 1. The Kier molecular flexibility index (Phi) is 3.07. The zero-order valence-electron chi connectivity index (χ0n) is 11.3. The molecule has 0 spiro atoms. The molecule has 0 atom stereocenters. The van der Waals surface area contributed by atoms with Gasteiger partial charge < -0.3 is 15.2 Å². The maximum atomic E-state index is 11.7. The van der Waals surface area contributed by atoms with Gasteiger partial charge in [-0.1, -0.05) is 6.07 Å². The molecule has 1 aromatic rings. The second-order valence-electron chi connectivity index (χ2n) is 4.96. The fourth-order valence-corrected chi connectivity index (χ4v) is 2.61. The molecule has 0 radical (unpaired) electrons. The van der Waals surface area contributed by atoms with E-state index >= 15 is 0 Å². The molecule has 1 fully saturated rings. The van der Waals surface area contributed by atoms with Gasteiger partial charge in [-0.25, -0.2) is 0 Å². The zero-order chi connectivity index (χ0) is 13.5. The minimum Gasteiger partial charge on any atom is -0.496 e. The SMILES string of the molecule is COc1c(C)cc(C2(C(N)=O)COC2)c(C)c1C. The van der Waals surface area contributed by atoms with Crippen LogP contribution in [-0.2, 0) is 14.9 Å². The highest BCUT2D eigenvalue weighted by Gasteiger charge is 2.47. The molecule has 1 aliphatic rings. The highest BCUT2D eigenvalue weighted by Crippen LogP contribution is 2.39. The fraction of sp³-hybridized carbons (Fsp3) is 0.500. The van der Waals surface area contributed by atoms with Gasteiger partial charge in [0.05, 0.1) is 20.3 Å². The Balaban J connectivity index is 2.62. The number of benzene rings is 1. The zero-order valence-corrected chi connectivity index (χ0v) is 11.3. The van der Waals surface area contributed by atoms with Crippen molar-refractivity contribution in [2.45, 2.75) is 26.2 Å². The molecule has 1 heterocycles. The van der Waals surface area contributed by atoms with Gasteiger partial charge in [0.2, 0.25) is 5.91 Å². The lowest BCUT2D eigenvalue weighted by Gasteiger charge is -2.40. The number of aryl methyl sites for hydroxylation is 1. The maximum Gasteiger partial charge on any atom is 0.232 e. The highest BCUT2D eigenvalue weighted by molar-refractivity contribution is 5.89. The molecule has 2 N–H and O–H groups in total. The largest absolute Gasteiger partial charge is 0.496 e. The molecule has 4 heteroatoms. The van der Waals surface area contributed by atoms with Crippen molar-refractivity contribution in [1.29, 1.82) is 0 Å². The molecule has 1 saturated heterocycles. The van der Waals surface area contributed by atoms with E-state index in [0.717, 1.165) is 28.0 Å². The molecule has 0 aliphatic carbocycles. The average Bonchev–Trinajstić information content (AvgIpc) is 2.23. The molecule has 18 heavy (non-hydrogen) atoms. The summed E-state index contributed by atoms with van der Waals surface area (Å²) in [6.45, 7) is 6.71. The number of nitrogens with two attached hydrogens (primary N) is 1. The monoisotopic (exact) mass is 249 g/mol. The number of hydrogen-bond donors (Lipinski definition) is 1. The van der Waals surface area contributed by atoms with Gasteiger partial charge in [0.25, 0.3) is 0 Å². The van der Waals surface area contributed by atoms with Crippen molar-refractivity contribution in [2.75, 3.05) is 20.3 Å². The summed E-state index contributed by atoms with van der Waals surface area (Å²) in [5, 5.41) is 0. The first-order valence-electron chi connectivity index (χ1n) is 5.97. The summed E-state index contributed by atoms with van der Waals surface area (Å²) in [5.41, 5.74) is 8.99. The molecule has 0 saturated carbocycles. The molecule has 1 aromatic carbocycles. The Bertz CT molecular complexity index is 504. The van der Waals surface area contributed by atoms with Crippen molar-refractivity contribution in [3.8, 4) is 5.75 Å². The van der Waals surface area contributed by atoms with Gasteiger partial charge in [0.1, 0.15) is 11.2 Å². The van der Waals surface area contributed by atoms with E-state index < -0.39 is 5.41 Å². The van der Waals surface area contributed by atoms with Crippen LogP contribution in [0.1, 0.15) is 22.3 Å².